The molecule has 2 rings (SSSR count). The highest BCUT2D eigenvalue weighted by Crippen LogP contribution is 2.08. The van der Waals surface area contributed by atoms with Gasteiger partial charge in [-0.05, 0) is 19.1 Å². The molecule has 0 spiro atoms. The number of amides is 1. The molecule has 1 aromatic rings. The number of para-hydroxylation sites is 1. The van der Waals surface area contributed by atoms with Crippen LogP contribution < -0.4 is 10.6 Å². The second kappa shape index (κ2) is 5.68. The van der Waals surface area contributed by atoms with Crippen LogP contribution in [0.4, 0.5) is 5.69 Å². The molecule has 1 aliphatic rings. The van der Waals surface area contributed by atoms with Crippen molar-refractivity contribution >= 4 is 11.6 Å². The van der Waals surface area contributed by atoms with Crippen LogP contribution in [0.1, 0.15) is 6.92 Å². The van der Waals surface area contributed by atoms with E-state index in [1.54, 1.807) is 0 Å². The van der Waals surface area contributed by atoms with Gasteiger partial charge in [0, 0.05) is 31.9 Å². The van der Waals surface area contributed by atoms with Gasteiger partial charge in [-0.3, -0.25) is 4.79 Å². The molecule has 4 nitrogen and oxygen atoms in total. The Hall–Kier alpha value is -1.55. The number of nitrogens with zero attached hydrogens (tertiary/aromatic N) is 1. The molecule has 0 bridgehead atoms. The molecule has 0 radical (unpaired) electrons. The van der Waals surface area contributed by atoms with Crippen LogP contribution in [0.5, 0.6) is 0 Å². The third-order valence-corrected chi connectivity index (χ3v) is 2.96. The van der Waals surface area contributed by atoms with Crippen molar-refractivity contribution in [1.29, 1.82) is 0 Å². The molecule has 1 atom stereocenters. The number of nitrogens with one attached hydrogen (secondary N) is 2. The maximum atomic E-state index is 12.1. The average molecular weight is 233 g/mol. The van der Waals surface area contributed by atoms with Gasteiger partial charge in [0.2, 0.25) is 5.91 Å². The first-order valence-corrected chi connectivity index (χ1v) is 6.08. The van der Waals surface area contributed by atoms with Gasteiger partial charge in [0.25, 0.3) is 0 Å². The number of carbonyl (C=O) groups excluding carboxylic acids is 1. The summed E-state index contributed by atoms with van der Waals surface area (Å²) in [7, 11) is 0. The molecule has 1 amide bonds. The van der Waals surface area contributed by atoms with E-state index in [2.05, 4.69) is 10.6 Å². The molecule has 1 saturated heterocycles. The Morgan fingerprint density at radius 1 is 1.29 bits per heavy atom. The maximum Gasteiger partial charge on any atom is 0.244 e. The summed E-state index contributed by atoms with van der Waals surface area (Å²) in [5.74, 6) is 0.176. The van der Waals surface area contributed by atoms with Crippen molar-refractivity contribution in [2.45, 2.75) is 13.0 Å². The van der Waals surface area contributed by atoms with E-state index in [-0.39, 0.29) is 11.9 Å². The standard InChI is InChI=1S/C13H19N3O/c1-11(15-12-5-3-2-4-6-12)13(17)16-9-7-14-8-10-16/h2-6,11,14-15H,7-10H2,1H3. The second-order valence-corrected chi connectivity index (χ2v) is 4.31. The lowest BCUT2D eigenvalue weighted by atomic mass is 10.2. The van der Waals surface area contributed by atoms with Gasteiger partial charge in [-0.2, -0.15) is 0 Å². The summed E-state index contributed by atoms with van der Waals surface area (Å²) in [5.41, 5.74) is 0.989. The highest BCUT2D eigenvalue weighted by Gasteiger charge is 2.21. The zero-order valence-corrected chi connectivity index (χ0v) is 10.1. The minimum absolute atomic E-state index is 0.171. The van der Waals surface area contributed by atoms with Crippen LogP contribution in [-0.2, 0) is 4.79 Å². The highest BCUT2D eigenvalue weighted by atomic mass is 16.2. The molecule has 17 heavy (non-hydrogen) atoms. The van der Waals surface area contributed by atoms with Crippen LogP contribution in [0, 0.1) is 0 Å². The third-order valence-electron chi connectivity index (χ3n) is 2.96. The van der Waals surface area contributed by atoms with Gasteiger partial charge >= 0.3 is 0 Å². The fourth-order valence-corrected chi connectivity index (χ4v) is 2.01. The monoisotopic (exact) mass is 233 g/mol. The number of hydrogen-bond acceptors (Lipinski definition) is 3. The summed E-state index contributed by atoms with van der Waals surface area (Å²) in [5, 5.41) is 6.47. The molecule has 0 aliphatic carbocycles. The fourth-order valence-electron chi connectivity index (χ4n) is 2.01. The smallest absolute Gasteiger partial charge is 0.244 e. The Kier molecular flexibility index (Phi) is 3.98. The summed E-state index contributed by atoms with van der Waals surface area (Å²) >= 11 is 0. The van der Waals surface area contributed by atoms with Gasteiger partial charge in [0.15, 0.2) is 0 Å². The third kappa shape index (κ3) is 3.20. The van der Waals surface area contributed by atoms with E-state index in [0.717, 1.165) is 31.9 Å². The average Bonchev–Trinajstić information content (AvgIpc) is 2.40. The number of piperazine rings is 1. The number of carbonyl (C=O) groups is 1. The molecule has 4 heteroatoms. The van der Waals surface area contributed by atoms with Gasteiger partial charge in [-0.25, -0.2) is 0 Å². The predicted octanol–water partition coefficient (Wildman–Crippen LogP) is 0.919. The molecular formula is C13H19N3O. The minimum Gasteiger partial charge on any atom is -0.374 e. The van der Waals surface area contributed by atoms with E-state index in [1.807, 2.05) is 42.2 Å². The van der Waals surface area contributed by atoms with Crippen molar-refractivity contribution in [2.75, 3.05) is 31.5 Å². The lowest BCUT2D eigenvalue weighted by Gasteiger charge is -2.30. The van der Waals surface area contributed by atoms with E-state index in [0.29, 0.717) is 0 Å². The fraction of sp³-hybridized carbons (Fsp3) is 0.462. The Balaban J connectivity index is 1.90. The van der Waals surface area contributed by atoms with Crippen molar-refractivity contribution in [2.24, 2.45) is 0 Å². The molecule has 0 aromatic heterocycles. The molecule has 1 unspecified atom stereocenters. The summed E-state index contributed by atoms with van der Waals surface area (Å²) in [4.78, 5) is 14.1. The first-order valence-electron chi connectivity index (χ1n) is 6.08. The van der Waals surface area contributed by atoms with Gasteiger partial charge in [-0.1, -0.05) is 18.2 Å². The van der Waals surface area contributed by atoms with E-state index in [1.165, 1.54) is 0 Å². The highest BCUT2D eigenvalue weighted by molar-refractivity contribution is 5.84. The van der Waals surface area contributed by atoms with Crippen molar-refractivity contribution in [3.63, 3.8) is 0 Å². The molecule has 2 N–H and O–H groups in total. The number of rotatable bonds is 3. The largest absolute Gasteiger partial charge is 0.374 e. The molecule has 1 aromatic carbocycles. The topological polar surface area (TPSA) is 44.4 Å². The van der Waals surface area contributed by atoms with Crippen molar-refractivity contribution in [3.8, 4) is 0 Å². The quantitative estimate of drug-likeness (QED) is 0.816. The SMILES string of the molecule is CC(Nc1ccccc1)C(=O)N1CCNCC1. The zero-order valence-electron chi connectivity index (χ0n) is 10.1. The second-order valence-electron chi connectivity index (χ2n) is 4.31. The van der Waals surface area contributed by atoms with Crippen LogP contribution >= 0.6 is 0 Å². The van der Waals surface area contributed by atoms with Crippen molar-refractivity contribution < 1.29 is 4.79 Å². The van der Waals surface area contributed by atoms with Crippen LogP contribution in [0.25, 0.3) is 0 Å². The van der Waals surface area contributed by atoms with E-state index in [9.17, 15) is 4.79 Å². The van der Waals surface area contributed by atoms with Crippen molar-refractivity contribution in [1.82, 2.24) is 10.2 Å². The molecule has 1 fully saturated rings. The number of benzene rings is 1. The minimum atomic E-state index is -0.171. The molecule has 1 aliphatic heterocycles. The first kappa shape index (κ1) is 11.9. The van der Waals surface area contributed by atoms with Crippen LogP contribution in [-0.4, -0.2) is 43.0 Å². The molecule has 1 heterocycles. The normalized spacial score (nSPS) is 17.6. The lowest BCUT2D eigenvalue weighted by molar-refractivity contribution is -0.132. The zero-order chi connectivity index (χ0) is 12.1. The Bertz CT molecular complexity index is 360. The molecule has 92 valence electrons. The number of hydrogen-bond donors (Lipinski definition) is 2. The van der Waals surface area contributed by atoms with Gasteiger partial charge < -0.3 is 15.5 Å². The van der Waals surface area contributed by atoms with Crippen LogP contribution in [0.15, 0.2) is 30.3 Å². The molecular weight excluding hydrogens is 214 g/mol. The Morgan fingerprint density at radius 3 is 2.59 bits per heavy atom. The van der Waals surface area contributed by atoms with E-state index < -0.39 is 0 Å². The van der Waals surface area contributed by atoms with Gasteiger partial charge in [-0.15, -0.1) is 0 Å². The van der Waals surface area contributed by atoms with Crippen LogP contribution in [0.2, 0.25) is 0 Å². The van der Waals surface area contributed by atoms with E-state index >= 15 is 0 Å². The van der Waals surface area contributed by atoms with Gasteiger partial charge in [0.1, 0.15) is 6.04 Å². The predicted molar refractivity (Wildman–Crippen MR) is 69.0 cm³/mol. The van der Waals surface area contributed by atoms with E-state index in [4.69, 9.17) is 0 Å². The van der Waals surface area contributed by atoms with Gasteiger partial charge in [0.05, 0.1) is 0 Å². The first-order chi connectivity index (χ1) is 8.27. The van der Waals surface area contributed by atoms with Crippen molar-refractivity contribution in [3.05, 3.63) is 30.3 Å². The lowest BCUT2D eigenvalue weighted by Crippen LogP contribution is -2.50. The van der Waals surface area contributed by atoms with Crippen LogP contribution in [0.3, 0.4) is 0 Å². The summed E-state index contributed by atoms with van der Waals surface area (Å²) < 4.78 is 0. The summed E-state index contributed by atoms with van der Waals surface area (Å²) in [6.07, 6.45) is 0. The molecule has 0 saturated carbocycles. The maximum absolute atomic E-state index is 12.1. The Labute approximate surface area is 102 Å². The number of anilines is 1. The summed E-state index contributed by atoms with van der Waals surface area (Å²) in [6.45, 7) is 5.31. The Morgan fingerprint density at radius 2 is 1.94 bits per heavy atom. The summed E-state index contributed by atoms with van der Waals surface area (Å²) in [6, 6.07) is 9.67.